The smallest absolute Gasteiger partial charge is 0.217 e. The molecule has 0 N–H and O–H groups in total. The third-order valence-electron chi connectivity index (χ3n) is 5.44. The summed E-state index contributed by atoms with van der Waals surface area (Å²) in [4.78, 5) is 22.4. The van der Waals surface area contributed by atoms with Crippen LogP contribution < -0.4 is 21.9 Å². The van der Waals surface area contributed by atoms with E-state index in [2.05, 4.69) is 19.6 Å². The third-order valence-corrected chi connectivity index (χ3v) is 5.78. The molecule has 0 amide bonds. The van der Waals surface area contributed by atoms with Crippen molar-refractivity contribution in [1.29, 1.82) is 0 Å². The van der Waals surface area contributed by atoms with E-state index in [9.17, 15) is 4.79 Å². The van der Waals surface area contributed by atoms with E-state index in [-0.39, 0.29) is 22.8 Å². The molecule has 0 atom stereocenters. The van der Waals surface area contributed by atoms with Crippen molar-refractivity contribution in [2.24, 2.45) is 0 Å². The Morgan fingerprint density at radius 3 is 1.85 bits per heavy atom. The minimum absolute atomic E-state index is 0. The fourth-order valence-corrected chi connectivity index (χ4v) is 5.04. The second-order valence-electron chi connectivity index (χ2n) is 7.70. The highest BCUT2D eigenvalue weighted by Gasteiger charge is 2.49. The summed E-state index contributed by atoms with van der Waals surface area (Å²) in [7, 11) is 0. The quantitative estimate of drug-likeness (QED) is 0.262. The highest BCUT2D eigenvalue weighted by Crippen LogP contribution is 2.29. The lowest BCUT2D eigenvalue weighted by Crippen LogP contribution is -3.00. The molecule has 6 nitrogen and oxygen atoms in total. The van der Waals surface area contributed by atoms with Crippen molar-refractivity contribution in [3.63, 3.8) is 0 Å². The molecule has 4 aliphatic heterocycles. The molecule has 1 aromatic carbocycles. The molecule has 4 bridgehead atoms. The number of hydrogen-bond donors (Lipinski definition) is 0. The number of nitrogens with zero attached hydrogens (tertiary/aromatic N) is 5. The zero-order valence-corrected chi connectivity index (χ0v) is 18.5. The van der Waals surface area contributed by atoms with E-state index in [0.717, 1.165) is 68.8 Å². The molecule has 27 heavy (non-hydrogen) atoms. The molecule has 4 saturated heterocycles. The number of quaternary nitrogens is 1. The summed E-state index contributed by atoms with van der Waals surface area (Å²) >= 11 is 11.8. The molecule has 0 spiro atoms. The van der Waals surface area contributed by atoms with E-state index >= 15 is 0 Å². The number of alkyl halides is 2. The summed E-state index contributed by atoms with van der Waals surface area (Å²) in [5, 5.41) is 0. The van der Waals surface area contributed by atoms with Crippen LogP contribution in [0.15, 0.2) is 24.3 Å². The largest absolute Gasteiger partial charge is 1.00 e. The normalized spacial score (nSPS) is 30.8. The molecule has 0 aromatic heterocycles. The number of ketones is 1. The number of rotatable bonds is 8. The Kier molecular flexibility index (Phi) is 7.06. The molecule has 0 radical (unpaired) electrons. The maximum Gasteiger partial charge on any atom is 0.217 e. The van der Waals surface area contributed by atoms with Gasteiger partial charge in [0.1, 0.15) is 26.6 Å². The van der Waals surface area contributed by atoms with Crippen LogP contribution in [0.1, 0.15) is 10.4 Å². The number of anilines is 1. The molecule has 4 fully saturated rings. The van der Waals surface area contributed by atoms with Gasteiger partial charge in [-0.2, -0.15) is 0 Å². The summed E-state index contributed by atoms with van der Waals surface area (Å²) < 4.78 is 0.838. The van der Waals surface area contributed by atoms with Crippen molar-refractivity contribution in [3.8, 4) is 0 Å². The minimum Gasteiger partial charge on any atom is -1.00 e. The van der Waals surface area contributed by atoms with Crippen LogP contribution in [0.3, 0.4) is 0 Å². The van der Waals surface area contributed by atoms with E-state index in [1.54, 1.807) is 0 Å². The summed E-state index contributed by atoms with van der Waals surface area (Å²) in [5.41, 5.74) is 1.86. The van der Waals surface area contributed by atoms with Crippen molar-refractivity contribution in [3.05, 3.63) is 29.8 Å². The molecule has 0 saturated carbocycles. The number of hydrogen-bond acceptors (Lipinski definition) is 5. The molecule has 9 heteroatoms. The molecule has 5 rings (SSSR count). The Hall–Kier alpha value is -0.410. The van der Waals surface area contributed by atoms with Crippen LogP contribution in [0.2, 0.25) is 0 Å². The zero-order valence-electron chi connectivity index (χ0n) is 15.4. The third kappa shape index (κ3) is 4.61. The van der Waals surface area contributed by atoms with E-state index in [0.29, 0.717) is 18.3 Å². The summed E-state index contributed by atoms with van der Waals surface area (Å²) in [6, 6.07) is 7.90. The number of benzene rings is 1. The zero-order chi connectivity index (χ0) is 18.1. The van der Waals surface area contributed by atoms with Gasteiger partial charge in [0, 0.05) is 36.1 Å². The number of carbonyl (C=O) groups is 1. The van der Waals surface area contributed by atoms with Gasteiger partial charge >= 0.3 is 0 Å². The molecule has 150 valence electrons. The SMILES string of the molecule is O=C(C[N+]12CN3CN(CN(C3)C1)C2)c1ccc(N(CCCl)CCCl)cc1.[Br-]. The van der Waals surface area contributed by atoms with Crippen molar-refractivity contribution < 1.29 is 26.3 Å². The van der Waals surface area contributed by atoms with Gasteiger partial charge in [-0.1, -0.05) is 0 Å². The van der Waals surface area contributed by atoms with Gasteiger partial charge in [-0.25, -0.2) is 14.7 Å². The Morgan fingerprint density at radius 2 is 1.41 bits per heavy atom. The van der Waals surface area contributed by atoms with Crippen molar-refractivity contribution in [1.82, 2.24) is 14.7 Å². The average Bonchev–Trinajstić information content (AvgIpc) is 2.60. The average molecular weight is 479 g/mol. The molecule has 4 heterocycles. The first-order valence-electron chi connectivity index (χ1n) is 9.13. The molecule has 4 aliphatic rings. The Balaban J connectivity index is 0.00000210. The number of halogens is 3. The number of carbonyl (C=O) groups excluding carboxylic acids is 1. The molecule has 1 aromatic rings. The van der Waals surface area contributed by atoms with E-state index in [4.69, 9.17) is 23.2 Å². The van der Waals surface area contributed by atoms with Crippen molar-refractivity contribution in [2.45, 2.75) is 0 Å². The van der Waals surface area contributed by atoms with E-state index in [1.807, 2.05) is 24.3 Å². The van der Waals surface area contributed by atoms with Crippen LogP contribution in [0.4, 0.5) is 5.69 Å². The topological polar surface area (TPSA) is 30.0 Å². The number of Topliss-reactive ketones (excluding diaryl/α,β-unsaturated/α-hetero) is 1. The van der Waals surface area contributed by atoms with Gasteiger partial charge in [0.2, 0.25) is 5.78 Å². The predicted molar refractivity (Wildman–Crippen MR) is 104 cm³/mol. The van der Waals surface area contributed by atoms with E-state index in [1.165, 1.54) is 0 Å². The lowest BCUT2D eigenvalue weighted by Gasteiger charge is -2.60. The molecular formula is C18H26BrCl2N5O. The maximum atomic E-state index is 12.9. The lowest BCUT2D eigenvalue weighted by atomic mass is 10.1. The summed E-state index contributed by atoms with van der Waals surface area (Å²) in [5.74, 6) is 1.34. The lowest BCUT2D eigenvalue weighted by molar-refractivity contribution is -0.973. The van der Waals surface area contributed by atoms with Crippen molar-refractivity contribution in [2.75, 3.05) is 76.3 Å². The van der Waals surface area contributed by atoms with Gasteiger partial charge in [-0.05, 0) is 24.3 Å². The Bertz CT molecular complexity index is 618. The molecule has 0 aliphatic carbocycles. The van der Waals surface area contributed by atoms with Gasteiger partial charge in [0.05, 0.1) is 20.0 Å². The fraction of sp³-hybridized carbons (Fsp3) is 0.611. The minimum atomic E-state index is 0. The monoisotopic (exact) mass is 477 g/mol. The van der Waals surface area contributed by atoms with Gasteiger partial charge in [-0.15, -0.1) is 23.2 Å². The predicted octanol–water partition coefficient (Wildman–Crippen LogP) is -1.33. The van der Waals surface area contributed by atoms with Gasteiger partial charge in [0.15, 0.2) is 0 Å². The second kappa shape index (κ2) is 8.95. The highest BCUT2D eigenvalue weighted by molar-refractivity contribution is 6.18. The van der Waals surface area contributed by atoms with Gasteiger partial charge < -0.3 is 21.9 Å². The Morgan fingerprint density at radius 1 is 0.926 bits per heavy atom. The van der Waals surface area contributed by atoms with Crippen LogP contribution in [0, 0.1) is 0 Å². The highest BCUT2D eigenvalue weighted by atomic mass is 79.9. The summed E-state index contributed by atoms with van der Waals surface area (Å²) in [6.07, 6.45) is 0. The Labute approximate surface area is 181 Å². The summed E-state index contributed by atoms with van der Waals surface area (Å²) in [6.45, 7) is 8.13. The van der Waals surface area contributed by atoms with Crippen LogP contribution in [-0.4, -0.2) is 96.4 Å². The first-order chi connectivity index (χ1) is 12.6. The second-order valence-corrected chi connectivity index (χ2v) is 8.45. The molecule has 0 unspecified atom stereocenters. The van der Waals surface area contributed by atoms with Crippen LogP contribution in [0.5, 0.6) is 0 Å². The van der Waals surface area contributed by atoms with Crippen LogP contribution in [-0.2, 0) is 0 Å². The van der Waals surface area contributed by atoms with E-state index < -0.39 is 0 Å². The first kappa shape index (κ1) is 21.3. The van der Waals surface area contributed by atoms with Crippen LogP contribution >= 0.6 is 23.2 Å². The fourth-order valence-electron chi connectivity index (χ4n) is 4.64. The van der Waals surface area contributed by atoms with Gasteiger partial charge in [0.25, 0.3) is 0 Å². The van der Waals surface area contributed by atoms with Gasteiger partial charge in [-0.3, -0.25) is 9.28 Å². The van der Waals surface area contributed by atoms with Crippen LogP contribution in [0.25, 0.3) is 0 Å². The maximum absolute atomic E-state index is 12.9. The first-order valence-corrected chi connectivity index (χ1v) is 10.2. The molecular weight excluding hydrogens is 453 g/mol. The van der Waals surface area contributed by atoms with Crippen molar-refractivity contribution >= 4 is 34.7 Å². The standard InChI is InChI=1S/C18H26Cl2N5O.BrH/c19-5-7-24(8-6-20)17-3-1-16(2-4-17)18(26)9-25-13-21-10-22(14-25)12-23(11-21)15-25;/h1-4H,5-15H2;1H/q+1;/p-1.